The summed E-state index contributed by atoms with van der Waals surface area (Å²) >= 11 is 1.51. The predicted octanol–water partition coefficient (Wildman–Crippen LogP) is 2.41. The largest absolute Gasteiger partial charge is 0.331 e. The molecule has 3 heterocycles. The van der Waals surface area contributed by atoms with Crippen LogP contribution in [0.15, 0.2) is 9.32 Å². The number of hydrogen-bond donors (Lipinski definition) is 0. The van der Waals surface area contributed by atoms with Gasteiger partial charge in [-0.3, -0.25) is 9.36 Å². The van der Waals surface area contributed by atoms with Gasteiger partial charge < -0.3 is 4.52 Å². The Morgan fingerprint density at radius 3 is 2.68 bits per heavy atom. The number of fused-ring (bicyclic) bond motifs is 1. The zero-order chi connectivity index (χ0) is 15.3. The molecule has 0 amide bonds. The van der Waals surface area contributed by atoms with E-state index >= 15 is 0 Å². The lowest BCUT2D eigenvalue weighted by atomic mass is 10.1. The third-order valence-corrected chi connectivity index (χ3v) is 5.19. The molecule has 22 heavy (non-hydrogen) atoms. The Morgan fingerprint density at radius 2 is 2.00 bits per heavy atom. The van der Waals surface area contributed by atoms with Gasteiger partial charge in [-0.15, -0.1) is 0 Å². The predicted molar refractivity (Wildman–Crippen MR) is 81.9 cm³/mol. The Morgan fingerprint density at radius 1 is 1.23 bits per heavy atom. The van der Waals surface area contributed by atoms with Gasteiger partial charge >= 0.3 is 0 Å². The lowest BCUT2D eigenvalue weighted by Crippen LogP contribution is -2.20. The van der Waals surface area contributed by atoms with E-state index in [4.69, 9.17) is 4.52 Å². The summed E-state index contributed by atoms with van der Waals surface area (Å²) in [6.07, 6.45) is 4.77. The van der Waals surface area contributed by atoms with E-state index in [1.807, 2.05) is 0 Å². The molecule has 4 rings (SSSR count). The van der Waals surface area contributed by atoms with E-state index in [0.29, 0.717) is 27.9 Å². The van der Waals surface area contributed by atoms with Crippen molar-refractivity contribution in [2.24, 2.45) is 7.05 Å². The molecule has 0 saturated heterocycles. The van der Waals surface area contributed by atoms with Crippen LogP contribution in [0.4, 0.5) is 0 Å². The molecule has 0 unspecified atom stereocenters. The lowest BCUT2D eigenvalue weighted by molar-refractivity contribution is 0.421. The Balaban J connectivity index is 1.89. The zero-order valence-corrected chi connectivity index (χ0v) is 13.2. The summed E-state index contributed by atoms with van der Waals surface area (Å²) in [4.78, 5) is 26.4. The molecule has 0 radical (unpaired) electrons. The van der Waals surface area contributed by atoms with Crippen LogP contribution in [0, 0.1) is 6.92 Å². The molecule has 0 bridgehead atoms. The van der Waals surface area contributed by atoms with Crippen molar-refractivity contribution < 1.29 is 4.52 Å². The molecule has 0 aliphatic heterocycles. The number of nitrogens with zero attached hydrogens (tertiary/aromatic N) is 5. The van der Waals surface area contributed by atoms with Crippen molar-refractivity contribution in [1.82, 2.24) is 24.7 Å². The van der Waals surface area contributed by atoms with Crippen molar-refractivity contribution in [2.75, 3.05) is 0 Å². The van der Waals surface area contributed by atoms with Gasteiger partial charge in [0.15, 0.2) is 16.2 Å². The summed E-state index contributed by atoms with van der Waals surface area (Å²) in [6, 6.07) is 0. The third-order valence-electron chi connectivity index (χ3n) is 4.08. The van der Waals surface area contributed by atoms with Gasteiger partial charge in [0.25, 0.3) is 11.4 Å². The first-order valence-corrected chi connectivity index (χ1v) is 8.13. The Bertz CT molecular complexity index is 904. The zero-order valence-electron chi connectivity index (χ0n) is 12.4. The van der Waals surface area contributed by atoms with Gasteiger partial charge in [-0.05, 0) is 19.8 Å². The number of thiazole rings is 1. The molecule has 0 spiro atoms. The third kappa shape index (κ3) is 2.06. The van der Waals surface area contributed by atoms with E-state index in [1.54, 1.807) is 14.0 Å². The van der Waals surface area contributed by atoms with Gasteiger partial charge in [-0.1, -0.05) is 29.3 Å². The molecule has 0 atom stereocenters. The standard InChI is InChI=1S/C14H15N5O2S/c1-7-15-11(21-18-7)10-17-13-9(14(20)19(10)2)16-12(22-13)8-5-3-4-6-8/h8H,3-6H2,1-2H3. The highest BCUT2D eigenvalue weighted by atomic mass is 32.1. The highest BCUT2D eigenvalue weighted by Crippen LogP contribution is 2.37. The van der Waals surface area contributed by atoms with Crippen LogP contribution >= 0.6 is 11.3 Å². The fourth-order valence-electron chi connectivity index (χ4n) is 2.90. The maximum absolute atomic E-state index is 12.5. The van der Waals surface area contributed by atoms with Crippen LogP contribution in [0.25, 0.3) is 22.1 Å². The second-order valence-corrected chi connectivity index (χ2v) is 6.64. The van der Waals surface area contributed by atoms with Gasteiger partial charge in [0.2, 0.25) is 5.82 Å². The second-order valence-electron chi connectivity index (χ2n) is 5.63. The molecule has 8 heteroatoms. The van der Waals surface area contributed by atoms with Crippen LogP contribution in [0.2, 0.25) is 0 Å². The van der Waals surface area contributed by atoms with Crippen LogP contribution in [-0.4, -0.2) is 24.7 Å². The van der Waals surface area contributed by atoms with Crippen molar-refractivity contribution in [3.8, 4) is 11.7 Å². The van der Waals surface area contributed by atoms with Crippen molar-refractivity contribution in [2.45, 2.75) is 38.5 Å². The summed E-state index contributed by atoms with van der Waals surface area (Å²) < 4.78 is 6.57. The summed E-state index contributed by atoms with van der Waals surface area (Å²) in [5.41, 5.74) is 0.269. The normalized spacial score (nSPS) is 15.9. The van der Waals surface area contributed by atoms with E-state index in [-0.39, 0.29) is 11.4 Å². The summed E-state index contributed by atoms with van der Waals surface area (Å²) in [7, 11) is 1.65. The van der Waals surface area contributed by atoms with Gasteiger partial charge in [0, 0.05) is 13.0 Å². The van der Waals surface area contributed by atoms with Gasteiger partial charge in [-0.25, -0.2) is 9.97 Å². The second kappa shape index (κ2) is 4.98. The summed E-state index contributed by atoms with van der Waals surface area (Å²) in [6.45, 7) is 1.73. The van der Waals surface area contributed by atoms with Gasteiger partial charge in [0.05, 0.1) is 5.01 Å². The highest BCUT2D eigenvalue weighted by molar-refractivity contribution is 7.18. The van der Waals surface area contributed by atoms with Crippen LogP contribution in [-0.2, 0) is 7.05 Å². The average molecular weight is 317 g/mol. The van der Waals surface area contributed by atoms with Crippen molar-refractivity contribution in [3.05, 3.63) is 21.2 Å². The van der Waals surface area contributed by atoms with Crippen LogP contribution in [0.3, 0.4) is 0 Å². The summed E-state index contributed by atoms with van der Waals surface area (Å²) in [5.74, 6) is 1.63. The quantitative estimate of drug-likeness (QED) is 0.721. The molecule has 7 nitrogen and oxygen atoms in total. The highest BCUT2D eigenvalue weighted by Gasteiger charge is 2.24. The van der Waals surface area contributed by atoms with Crippen molar-refractivity contribution >= 4 is 21.7 Å². The molecular weight excluding hydrogens is 302 g/mol. The number of hydrogen-bond acceptors (Lipinski definition) is 7. The first-order valence-electron chi connectivity index (χ1n) is 7.31. The fraction of sp³-hybridized carbons (Fsp3) is 0.500. The van der Waals surface area contributed by atoms with E-state index < -0.39 is 0 Å². The number of rotatable bonds is 2. The minimum Gasteiger partial charge on any atom is -0.331 e. The molecule has 0 N–H and O–H groups in total. The SMILES string of the molecule is Cc1noc(-c2nc3sc(C4CCCC4)nc3c(=O)n2C)n1. The molecule has 1 fully saturated rings. The van der Waals surface area contributed by atoms with E-state index in [1.165, 1.54) is 28.7 Å². The monoisotopic (exact) mass is 317 g/mol. The average Bonchev–Trinajstić information content (AvgIpc) is 3.21. The molecule has 1 aliphatic rings. The van der Waals surface area contributed by atoms with Crippen molar-refractivity contribution in [3.63, 3.8) is 0 Å². The van der Waals surface area contributed by atoms with Gasteiger partial charge in [0.1, 0.15) is 0 Å². The molecule has 114 valence electrons. The molecule has 3 aromatic rings. The van der Waals surface area contributed by atoms with Crippen LogP contribution < -0.4 is 5.56 Å². The van der Waals surface area contributed by atoms with E-state index in [0.717, 1.165) is 17.8 Å². The smallest absolute Gasteiger partial charge is 0.294 e. The molecule has 1 aliphatic carbocycles. The van der Waals surface area contributed by atoms with E-state index in [2.05, 4.69) is 20.1 Å². The first-order chi connectivity index (χ1) is 10.6. The first kappa shape index (κ1) is 13.6. The Hall–Kier alpha value is -2.09. The minimum absolute atomic E-state index is 0.170. The molecule has 1 saturated carbocycles. The Kier molecular flexibility index (Phi) is 3.07. The van der Waals surface area contributed by atoms with Crippen LogP contribution in [0.1, 0.15) is 42.4 Å². The Labute approximate surface area is 130 Å². The number of aryl methyl sites for hydroxylation is 1. The maximum Gasteiger partial charge on any atom is 0.294 e. The molecule has 3 aromatic heterocycles. The van der Waals surface area contributed by atoms with Crippen molar-refractivity contribution in [1.29, 1.82) is 0 Å². The number of aromatic nitrogens is 5. The van der Waals surface area contributed by atoms with Gasteiger partial charge in [-0.2, -0.15) is 4.98 Å². The van der Waals surface area contributed by atoms with E-state index in [9.17, 15) is 4.79 Å². The maximum atomic E-state index is 12.5. The lowest BCUT2D eigenvalue weighted by Gasteiger charge is -2.01. The van der Waals surface area contributed by atoms with Crippen LogP contribution in [0.5, 0.6) is 0 Å². The molecule has 0 aromatic carbocycles. The minimum atomic E-state index is -0.170. The topological polar surface area (TPSA) is 86.7 Å². The molecular formula is C14H15N5O2S. The fourth-order valence-corrected chi connectivity index (χ4v) is 4.00. The summed E-state index contributed by atoms with van der Waals surface area (Å²) in [5, 5.41) is 4.78.